The average molecular weight is 516 g/mol. The number of thiocarbonyl (C=S) groups is 1. The van der Waals surface area contributed by atoms with E-state index in [1.807, 2.05) is 30.3 Å². The first-order chi connectivity index (χ1) is 15.3. The predicted octanol–water partition coefficient (Wildman–Crippen LogP) is 4.81. The first-order valence-electron chi connectivity index (χ1n) is 9.39. The molecule has 0 heterocycles. The second-order valence-corrected chi connectivity index (χ2v) is 7.92. The van der Waals surface area contributed by atoms with Crippen LogP contribution in [-0.2, 0) is 6.42 Å². The summed E-state index contributed by atoms with van der Waals surface area (Å²) in [5, 5.41) is 25.8. The lowest BCUT2D eigenvalue weighted by molar-refractivity contribution is -0.384. The number of phenols is 1. The van der Waals surface area contributed by atoms with Crippen molar-refractivity contribution in [2.45, 2.75) is 6.42 Å². The summed E-state index contributed by atoms with van der Waals surface area (Å²) < 4.78 is 6.49. The quantitative estimate of drug-likeness (QED) is 0.179. The van der Waals surface area contributed by atoms with Gasteiger partial charge in [-0.2, -0.15) is 0 Å². The molecule has 0 aliphatic carbocycles. The van der Waals surface area contributed by atoms with Crippen LogP contribution in [0.3, 0.4) is 0 Å². The molecule has 3 aromatic rings. The van der Waals surface area contributed by atoms with Crippen molar-refractivity contribution in [2.24, 2.45) is 0 Å². The van der Waals surface area contributed by atoms with Gasteiger partial charge in [-0.15, -0.1) is 0 Å². The Kier molecular flexibility index (Phi) is 7.74. The number of hydrogen-bond donors (Lipinski definition) is 3. The molecule has 0 saturated heterocycles. The Bertz CT molecular complexity index is 1160. The lowest BCUT2D eigenvalue weighted by atomic mass is 10.1. The highest BCUT2D eigenvalue weighted by atomic mass is 79.9. The van der Waals surface area contributed by atoms with Crippen LogP contribution in [0, 0.1) is 10.1 Å². The zero-order chi connectivity index (χ0) is 23.1. The lowest BCUT2D eigenvalue weighted by Crippen LogP contribution is -2.34. The van der Waals surface area contributed by atoms with E-state index in [1.54, 1.807) is 18.2 Å². The maximum Gasteiger partial charge on any atom is 0.271 e. The van der Waals surface area contributed by atoms with Crippen molar-refractivity contribution in [1.82, 2.24) is 5.32 Å². The molecule has 10 heteroatoms. The zero-order valence-corrected chi connectivity index (χ0v) is 19.0. The summed E-state index contributed by atoms with van der Waals surface area (Å²) in [6.07, 6.45) is 0.671. The molecule has 3 N–H and O–H groups in total. The minimum atomic E-state index is -0.604. The molecule has 164 valence electrons. The first kappa shape index (κ1) is 23.2. The van der Waals surface area contributed by atoms with E-state index in [0.717, 1.165) is 23.8 Å². The van der Waals surface area contributed by atoms with Crippen LogP contribution in [-0.4, -0.2) is 27.7 Å². The molecule has 8 nitrogen and oxygen atoms in total. The van der Waals surface area contributed by atoms with Crippen molar-refractivity contribution in [3.8, 4) is 11.5 Å². The number of carbonyl (C=O) groups is 1. The van der Waals surface area contributed by atoms with E-state index in [1.165, 1.54) is 0 Å². The zero-order valence-electron chi connectivity index (χ0n) is 16.6. The SMILES string of the molecule is O=C(NC(=S)Nc1cc([N+](=O)[O-])ccc1O)c1cc(Br)ccc1OCCc1ccccc1. The van der Waals surface area contributed by atoms with E-state index < -0.39 is 10.8 Å². The summed E-state index contributed by atoms with van der Waals surface area (Å²) in [4.78, 5) is 23.1. The van der Waals surface area contributed by atoms with E-state index in [-0.39, 0.29) is 27.8 Å². The number of nitrogens with zero attached hydrogens (tertiary/aromatic N) is 1. The molecule has 0 bridgehead atoms. The van der Waals surface area contributed by atoms with Crippen LogP contribution in [0.2, 0.25) is 0 Å². The fraction of sp³-hybridized carbons (Fsp3) is 0.0909. The Hall–Kier alpha value is -3.50. The molecule has 3 aromatic carbocycles. The fourth-order valence-electron chi connectivity index (χ4n) is 2.79. The van der Waals surface area contributed by atoms with Gasteiger partial charge in [-0.25, -0.2) is 0 Å². The maximum atomic E-state index is 12.8. The number of amides is 1. The van der Waals surface area contributed by atoms with Crippen molar-refractivity contribution >= 4 is 50.5 Å². The number of phenolic OH excluding ortho intramolecular Hbond substituents is 1. The largest absolute Gasteiger partial charge is 0.506 e. The van der Waals surface area contributed by atoms with Gasteiger partial charge in [-0.3, -0.25) is 20.2 Å². The van der Waals surface area contributed by atoms with Gasteiger partial charge in [0.25, 0.3) is 11.6 Å². The molecule has 3 rings (SSSR count). The molecule has 32 heavy (non-hydrogen) atoms. The molecule has 0 aromatic heterocycles. The fourth-order valence-corrected chi connectivity index (χ4v) is 3.35. The number of carbonyl (C=O) groups excluding carboxylic acids is 1. The number of halogens is 1. The number of nitro groups is 1. The van der Waals surface area contributed by atoms with Gasteiger partial charge < -0.3 is 15.2 Å². The highest BCUT2D eigenvalue weighted by Crippen LogP contribution is 2.28. The molecule has 0 unspecified atom stereocenters. The minimum absolute atomic E-state index is 0.00178. The van der Waals surface area contributed by atoms with Gasteiger partial charge in [0, 0.05) is 23.0 Å². The minimum Gasteiger partial charge on any atom is -0.506 e. The number of non-ortho nitro benzene ring substituents is 1. The second-order valence-electron chi connectivity index (χ2n) is 6.59. The van der Waals surface area contributed by atoms with E-state index >= 15 is 0 Å². The number of nitro benzene ring substituents is 1. The third-order valence-corrected chi connectivity index (χ3v) is 5.04. The molecule has 0 radical (unpaired) electrons. The Morgan fingerprint density at radius 1 is 1.12 bits per heavy atom. The van der Waals surface area contributed by atoms with Crippen LogP contribution in [0.4, 0.5) is 11.4 Å². The average Bonchev–Trinajstić information content (AvgIpc) is 2.76. The first-order valence-corrected chi connectivity index (χ1v) is 10.6. The van der Waals surface area contributed by atoms with Gasteiger partial charge >= 0.3 is 0 Å². The van der Waals surface area contributed by atoms with Gasteiger partial charge in [0.15, 0.2) is 5.11 Å². The van der Waals surface area contributed by atoms with Gasteiger partial charge in [-0.1, -0.05) is 46.3 Å². The number of benzene rings is 3. The van der Waals surface area contributed by atoms with Gasteiger partial charge in [0.05, 0.1) is 22.8 Å². The molecule has 0 aliphatic heterocycles. The smallest absolute Gasteiger partial charge is 0.271 e. The van der Waals surface area contributed by atoms with Crippen molar-refractivity contribution in [3.63, 3.8) is 0 Å². The third kappa shape index (κ3) is 6.25. The normalized spacial score (nSPS) is 10.3. The second kappa shape index (κ2) is 10.7. The number of hydrogen-bond acceptors (Lipinski definition) is 6. The van der Waals surface area contributed by atoms with E-state index in [4.69, 9.17) is 17.0 Å². The molecule has 1 amide bonds. The van der Waals surface area contributed by atoms with Crippen LogP contribution >= 0.6 is 28.1 Å². The summed E-state index contributed by atoms with van der Waals surface area (Å²) in [5.74, 6) is -0.411. The molecule has 0 fully saturated rings. The highest BCUT2D eigenvalue weighted by molar-refractivity contribution is 9.10. The summed E-state index contributed by atoms with van der Waals surface area (Å²) in [5.41, 5.74) is 1.12. The van der Waals surface area contributed by atoms with Crippen LogP contribution in [0.15, 0.2) is 71.2 Å². The standard InChI is InChI=1S/C22H18BrN3O5S/c23-15-6-9-20(31-11-10-14-4-2-1-3-5-14)17(12-15)21(28)25-22(32)24-18-13-16(26(29)30)7-8-19(18)27/h1-9,12-13,27H,10-11H2,(H2,24,25,28,32). The number of nitrogens with one attached hydrogen (secondary N) is 2. The maximum absolute atomic E-state index is 12.8. The van der Waals surface area contributed by atoms with Crippen molar-refractivity contribution in [3.05, 3.63) is 92.4 Å². The summed E-state index contributed by atoms with van der Waals surface area (Å²) in [6.45, 7) is 0.371. The summed E-state index contributed by atoms with van der Waals surface area (Å²) in [7, 11) is 0. The van der Waals surface area contributed by atoms with Gasteiger partial charge in [0.2, 0.25) is 0 Å². The molecule has 0 saturated carbocycles. The number of rotatable bonds is 7. The summed E-state index contributed by atoms with van der Waals surface area (Å²) >= 11 is 8.47. The topological polar surface area (TPSA) is 114 Å². The van der Waals surface area contributed by atoms with Crippen LogP contribution in [0.5, 0.6) is 11.5 Å². The Morgan fingerprint density at radius 3 is 2.59 bits per heavy atom. The molecule has 0 spiro atoms. The third-order valence-electron chi connectivity index (χ3n) is 4.34. The van der Waals surface area contributed by atoms with Gasteiger partial charge in [0.1, 0.15) is 11.5 Å². The van der Waals surface area contributed by atoms with Crippen molar-refractivity contribution in [2.75, 3.05) is 11.9 Å². The molecule has 0 atom stereocenters. The van der Waals surface area contributed by atoms with E-state index in [2.05, 4.69) is 26.6 Å². The lowest BCUT2D eigenvalue weighted by Gasteiger charge is -2.14. The predicted molar refractivity (Wildman–Crippen MR) is 128 cm³/mol. The monoisotopic (exact) mass is 515 g/mol. The van der Waals surface area contributed by atoms with Crippen LogP contribution in [0.25, 0.3) is 0 Å². The Balaban J connectivity index is 1.67. The van der Waals surface area contributed by atoms with Crippen LogP contribution in [0.1, 0.15) is 15.9 Å². The number of ether oxygens (including phenoxy) is 1. The molecule has 0 aliphatic rings. The molecular formula is C22H18BrN3O5S. The van der Waals surface area contributed by atoms with E-state index in [9.17, 15) is 20.0 Å². The van der Waals surface area contributed by atoms with Gasteiger partial charge in [-0.05, 0) is 42.0 Å². The van der Waals surface area contributed by atoms with Crippen LogP contribution < -0.4 is 15.4 Å². The van der Waals surface area contributed by atoms with E-state index in [0.29, 0.717) is 23.2 Å². The van der Waals surface area contributed by atoms with Crippen molar-refractivity contribution in [1.29, 1.82) is 0 Å². The Morgan fingerprint density at radius 2 is 1.88 bits per heavy atom. The number of anilines is 1. The number of aromatic hydroxyl groups is 1. The van der Waals surface area contributed by atoms with Crippen molar-refractivity contribution < 1.29 is 19.6 Å². The summed E-state index contributed by atoms with van der Waals surface area (Å²) in [6, 6.07) is 18.3. The Labute approximate surface area is 197 Å². The molecular weight excluding hydrogens is 498 g/mol. The highest BCUT2D eigenvalue weighted by Gasteiger charge is 2.17.